The first-order valence-electron chi connectivity index (χ1n) is 6.62. The largest absolute Gasteiger partial charge is 0.480 e. The van der Waals surface area contributed by atoms with Crippen LogP contribution in [-0.4, -0.2) is 29.7 Å². The molecule has 0 spiro atoms. The van der Waals surface area contributed by atoms with Gasteiger partial charge in [0.2, 0.25) is 0 Å². The first kappa shape index (κ1) is 16.0. The molecule has 0 saturated heterocycles. The number of carboxylic acids is 1. The fourth-order valence-corrected chi connectivity index (χ4v) is 1.87. The van der Waals surface area contributed by atoms with Gasteiger partial charge in [-0.25, -0.2) is 0 Å². The van der Waals surface area contributed by atoms with Crippen LogP contribution in [0.2, 0.25) is 0 Å². The number of azide groups is 1. The number of nitrogens with zero attached hydrogens (tertiary/aromatic N) is 3. The number of nitrogens with one attached hydrogen (secondary N) is 1. The van der Waals surface area contributed by atoms with Gasteiger partial charge >= 0.3 is 5.97 Å². The molecule has 1 unspecified atom stereocenters. The molecular weight excluding hydrogens is 256 g/mol. The summed E-state index contributed by atoms with van der Waals surface area (Å²) in [5.41, 5.74) is 8.32. The van der Waals surface area contributed by atoms with Crippen molar-refractivity contribution in [1.29, 1.82) is 0 Å². The SMILES string of the molecule is CC(CCc1ccccc1)(NCCCN=[N+]=[N-])C(=O)O. The Balaban J connectivity index is 2.49. The summed E-state index contributed by atoms with van der Waals surface area (Å²) in [4.78, 5) is 14.1. The van der Waals surface area contributed by atoms with Crippen LogP contribution < -0.4 is 5.32 Å². The van der Waals surface area contributed by atoms with Gasteiger partial charge < -0.3 is 10.4 Å². The minimum Gasteiger partial charge on any atom is -0.480 e. The van der Waals surface area contributed by atoms with Crippen LogP contribution in [0.5, 0.6) is 0 Å². The van der Waals surface area contributed by atoms with Crippen molar-refractivity contribution in [1.82, 2.24) is 5.32 Å². The molecule has 1 aromatic carbocycles. The van der Waals surface area contributed by atoms with Crippen molar-refractivity contribution in [2.45, 2.75) is 31.7 Å². The van der Waals surface area contributed by atoms with Crippen molar-refractivity contribution < 1.29 is 9.90 Å². The molecule has 0 heterocycles. The van der Waals surface area contributed by atoms with Gasteiger partial charge in [-0.15, -0.1) is 0 Å². The van der Waals surface area contributed by atoms with Crippen LogP contribution >= 0.6 is 0 Å². The highest BCUT2D eigenvalue weighted by molar-refractivity contribution is 5.78. The van der Waals surface area contributed by atoms with Crippen LogP contribution in [0.4, 0.5) is 0 Å². The minimum absolute atomic E-state index is 0.373. The van der Waals surface area contributed by atoms with E-state index in [1.165, 1.54) is 0 Å². The van der Waals surface area contributed by atoms with E-state index in [-0.39, 0.29) is 0 Å². The molecule has 1 aromatic rings. The predicted octanol–water partition coefficient (Wildman–Crippen LogP) is 2.75. The number of hydrogen-bond acceptors (Lipinski definition) is 3. The van der Waals surface area contributed by atoms with E-state index < -0.39 is 11.5 Å². The fourth-order valence-electron chi connectivity index (χ4n) is 1.87. The number of rotatable bonds is 9. The number of carbonyl (C=O) groups is 1. The zero-order valence-electron chi connectivity index (χ0n) is 11.6. The van der Waals surface area contributed by atoms with E-state index in [4.69, 9.17) is 5.53 Å². The fraction of sp³-hybridized carbons (Fsp3) is 0.500. The van der Waals surface area contributed by atoms with Crippen LogP contribution in [0.1, 0.15) is 25.3 Å². The topological polar surface area (TPSA) is 98.1 Å². The zero-order chi connectivity index (χ0) is 14.8. The van der Waals surface area contributed by atoms with Crippen LogP contribution in [-0.2, 0) is 11.2 Å². The third kappa shape index (κ3) is 5.30. The summed E-state index contributed by atoms with van der Waals surface area (Å²) >= 11 is 0. The number of benzene rings is 1. The Kier molecular flexibility index (Phi) is 6.56. The third-order valence-electron chi connectivity index (χ3n) is 3.24. The third-order valence-corrected chi connectivity index (χ3v) is 3.24. The highest BCUT2D eigenvalue weighted by atomic mass is 16.4. The number of carboxylic acid groups (broad SMARTS) is 1. The molecule has 1 atom stereocenters. The zero-order valence-corrected chi connectivity index (χ0v) is 11.6. The van der Waals surface area contributed by atoms with Gasteiger partial charge in [0.15, 0.2) is 0 Å². The van der Waals surface area contributed by atoms with Crippen LogP contribution in [0, 0.1) is 0 Å². The molecule has 6 nitrogen and oxygen atoms in total. The Hall–Kier alpha value is -2.04. The average molecular weight is 276 g/mol. The van der Waals surface area contributed by atoms with Gasteiger partial charge in [0.25, 0.3) is 0 Å². The molecular formula is C14H20N4O2. The second kappa shape index (κ2) is 8.19. The van der Waals surface area contributed by atoms with E-state index in [9.17, 15) is 9.90 Å². The maximum Gasteiger partial charge on any atom is 0.323 e. The number of aliphatic carboxylic acids is 1. The van der Waals surface area contributed by atoms with Gasteiger partial charge in [-0.2, -0.15) is 0 Å². The van der Waals surface area contributed by atoms with Gasteiger partial charge in [0.05, 0.1) is 0 Å². The molecule has 0 aliphatic carbocycles. The molecule has 0 aromatic heterocycles. The maximum atomic E-state index is 11.4. The molecule has 0 radical (unpaired) electrons. The normalized spacial score (nSPS) is 13.2. The summed E-state index contributed by atoms with van der Waals surface area (Å²) in [7, 11) is 0. The quantitative estimate of drug-likeness (QED) is 0.314. The second-order valence-electron chi connectivity index (χ2n) is 4.86. The first-order valence-corrected chi connectivity index (χ1v) is 6.62. The molecule has 0 aliphatic heterocycles. The molecule has 0 bridgehead atoms. The molecule has 0 aliphatic rings. The van der Waals surface area contributed by atoms with Crippen LogP contribution in [0.25, 0.3) is 10.4 Å². The summed E-state index contributed by atoms with van der Waals surface area (Å²) in [6.45, 7) is 2.57. The molecule has 6 heteroatoms. The Morgan fingerprint density at radius 1 is 1.45 bits per heavy atom. The Morgan fingerprint density at radius 2 is 2.15 bits per heavy atom. The summed E-state index contributed by atoms with van der Waals surface area (Å²) in [5.74, 6) is -0.864. The Labute approximate surface area is 118 Å². The van der Waals surface area contributed by atoms with Crippen molar-refractivity contribution in [3.8, 4) is 0 Å². The van der Waals surface area contributed by atoms with E-state index >= 15 is 0 Å². The van der Waals surface area contributed by atoms with Crippen molar-refractivity contribution in [2.75, 3.05) is 13.1 Å². The smallest absolute Gasteiger partial charge is 0.323 e. The first-order chi connectivity index (χ1) is 9.58. The summed E-state index contributed by atoms with van der Waals surface area (Å²) < 4.78 is 0. The van der Waals surface area contributed by atoms with Gasteiger partial charge in [-0.1, -0.05) is 35.4 Å². The van der Waals surface area contributed by atoms with E-state index in [0.29, 0.717) is 32.4 Å². The Morgan fingerprint density at radius 3 is 2.75 bits per heavy atom. The summed E-state index contributed by atoms with van der Waals surface area (Å²) in [6.07, 6.45) is 1.83. The van der Waals surface area contributed by atoms with Crippen molar-refractivity contribution >= 4 is 5.97 Å². The summed E-state index contributed by atoms with van der Waals surface area (Å²) in [5, 5.41) is 15.8. The molecule has 0 saturated carbocycles. The van der Waals surface area contributed by atoms with Crippen molar-refractivity contribution in [3.05, 3.63) is 46.3 Å². The van der Waals surface area contributed by atoms with E-state index in [1.54, 1.807) is 6.92 Å². The minimum atomic E-state index is -0.966. The number of hydrogen-bond donors (Lipinski definition) is 2. The lowest BCUT2D eigenvalue weighted by molar-refractivity contribution is -0.144. The molecule has 20 heavy (non-hydrogen) atoms. The average Bonchev–Trinajstić information content (AvgIpc) is 2.46. The molecule has 0 fully saturated rings. The lowest BCUT2D eigenvalue weighted by atomic mass is 9.93. The molecule has 2 N–H and O–H groups in total. The van der Waals surface area contributed by atoms with Crippen molar-refractivity contribution in [3.63, 3.8) is 0 Å². The molecule has 108 valence electrons. The molecule has 0 amide bonds. The maximum absolute atomic E-state index is 11.4. The lowest BCUT2D eigenvalue weighted by Gasteiger charge is -2.26. The standard InChI is InChI=1S/C14H20N4O2/c1-14(13(19)20,16-10-5-11-17-18-15)9-8-12-6-3-2-4-7-12/h2-4,6-7,16H,5,8-11H2,1H3,(H,19,20). The van der Waals surface area contributed by atoms with E-state index in [1.807, 2.05) is 30.3 Å². The van der Waals surface area contributed by atoms with Gasteiger partial charge in [0, 0.05) is 11.5 Å². The monoisotopic (exact) mass is 276 g/mol. The second-order valence-corrected chi connectivity index (χ2v) is 4.86. The van der Waals surface area contributed by atoms with E-state index in [2.05, 4.69) is 15.3 Å². The van der Waals surface area contributed by atoms with E-state index in [0.717, 1.165) is 5.56 Å². The summed E-state index contributed by atoms with van der Waals surface area (Å²) in [6, 6.07) is 9.81. The highest BCUT2D eigenvalue weighted by Crippen LogP contribution is 2.15. The lowest BCUT2D eigenvalue weighted by Crippen LogP contribution is -2.50. The van der Waals surface area contributed by atoms with Gasteiger partial charge in [-0.05, 0) is 43.8 Å². The van der Waals surface area contributed by atoms with Gasteiger partial charge in [-0.3, -0.25) is 4.79 Å². The van der Waals surface area contributed by atoms with Gasteiger partial charge in [0.1, 0.15) is 5.54 Å². The Bertz CT molecular complexity index is 471. The highest BCUT2D eigenvalue weighted by Gasteiger charge is 2.31. The molecule has 1 rings (SSSR count). The number of aryl methyl sites for hydroxylation is 1. The predicted molar refractivity (Wildman–Crippen MR) is 77.4 cm³/mol. The van der Waals surface area contributed by atoms with Crippen molar-refractivity contribution in [2.24, 2.45) is 5.11 Å². The van der Waals surface area contributed by atoms with Crippen LogP contribution in [0.15, 0.2) is 35.4 Å². The van der Waals surface area contributed by atoms with Crippen LogP contribution in [0.3, 0.4) is 0 Å².